The number of hydrogen-bond acceptors (Lipinski definition) is 4. The maximum absolute atomic E-state index is 13.2. The van der Waals surface area contributed by atoms with Gasteiger partial charge in [-0.2, -0.15) is 10.4 Å². The van der Waals surface area contributed by atoms with Gasteiger partial charge in [0.1, 0.15) is 5.82 Å². The van der Waals surface area contributed by atoms with Crippen LogP contribution < -0.4 is 0 Å². The predicted molar refractivity (Wildman–Crippen MR) is 99.6 cm³/mol. The highest BCUT2D eigenvalue weighted by Crippen LogP contribution is 2.25. The van der Waals surface area contributed by atoms with Crippen LogP contribution in [-0.4, -0.2) is 14.7 Å². The van der Waals surface area contributed by atoms with Crippen molar-refractivity contribution in [2.75, 3.05) is 0 Å². The SMILES string of the molecule is Cc1nn(-c2ccc(F)cc2)c(C)c1/C=C(\C#N)c1ccc([N+](=O)[O-])cc1. The topological polar surface area (TPSA) is 84.8 Å². The van der Waals surface area contributed by atoms with Crippen LogP contribution in [0, 0.1) is 41.1 Å². The Kier molecular flexibility index (Phi) is 4.81. The highest BCUT2D eigenvalue weighted by molar-refractivity contribution is 5.90. The van der Waals surface area contributed by atoms with Gasteiger partial charge in [0.25, 0.3) is 5.69 Å². The van der Waals surface area contributed by atoms with E-state index in [0.29, 0.717) is 22.5 Å². The van der Waals surface area contributed by atoms with Crippen LogP contribution in [-0.2, 0) is 0 Å². The van der Waals surface area contributed by atoms with Gasteiger partial charge in [-0.15, -0.1) is 0 Å². The summed E-state index contributed by atoms with van der Waals surface area (Å²) in [7, 11) is 0. The Morgan fingerprint density at radius 3 is 2.37 bits per heavy atom. The molecule has 3 rings (SSSR count). The number of non-ortho nitro benzene ring substituents is 1. The molecule has 7 heteroatoms. The highest BCUT2D eigenvalue weighted by atomic mass is 19.1. The highest BCUT2D eigenvalue weighted by Gasteiger charge is 2.13. The molecular formula is C20H15FN4O2. The number of benzene rings is 2. The molecule has 0 fully saturated rings. The minimum Gasteiger partial charge on any atom is -0.258 e. The van der Waals surface area contributed by atoms with Gasteiger partial charge in [-0.25, -0.2) is 9.07 Å². The maximum atomic E-state index is 13.2. The van der Waals surface area contributed by atoms with Gasteiger partial charge in [-0.05, 0) is 61.9 Å². The normalized spacial score (nSPS) is 11.3. The van der Waals surface area contributed by atoms with Gasteiger partial charge in [0.15, 0.2) is 0 Å². The first kappa shape index (κ1) is 18.0. The monoisotopic (exact) mass is 362 g/mol. The van der Waals surface area contributed by atoms with Crippen LogP contribution >= 0.6 is 0 Å². The second kappa shape index (κ2) is 7.22. The van der Waals surface area contributed by atoms with Crippen LogP contribution in [0.25, 0.3) is 17.3 Å². The summed E-state index contributed by atoms with van der Waals surface area (Å²) >= 11 is 0. The zero-order valence-electron chi connectivity index (χ0n) is 14.7. The van der Waals surface area contributed by atoms with E-state index in [1.54, 1.807) is 35.0 Å². The average molecular weight is 362 g/mol. The van der Waals surface area contributed by atoms with Gasteiger partial charge in [-0.3, -0.25) is 10.1 Å². The van der Waals surface area contributed by atoms with Crippen molar-refractivity contribution < 1.29 is 9.31 Å². The average Bonchev–Trinajstić information content (AvgIpc) is 2.94. The van der Waals surface area contributed by atoms with Crippen molar-refractivity contribution in [2.45, 2.75) is 13.8 Å². The van der Waals surface area contributed by atoms with Crippen LogP contribution in [0.5, 0.6) is 0 Å². The zero-order valence-corrected chi connectivity index (χ0v) is 14.7. The lowest BCUT2D eigenvalue weighted by Crippen LogP contribution is -1.99. The van der Waals surface area contributed by atoms with Crippen molar-refractivity contribution in [3.8, 4) is 11.8 Å². The number of aryl methyl sites for hydroxylation is 1. The molecule has 0 saturated heterocycles. The first-order chi connectivity index (χ1) is 12.9. The fraction of sp³-hybridized carbons (Fsp3) is 0.100. The van der Waals surface area contributed by atoms with Crippen molar-refractivity contribution in [1.82, 2.24) is 9.78 Å². The number of allylic oxidation sites excluding steroid dienone is 1. The minimum absolute atomic E-state index is 0.0347. The summed E-state index contributed by atoms with van der Waals surface area (Å²) < 4.78 is 14.8. The van der Waals surface area contributed by atoms with Gasteiger partial charge >= 0.3 is 0 Å². The van der Waals surface area contributed by atoms with E-state index in [4.69, 9.17) is 0 Å². The summed E-state index contributed by atoms with van der Waals surface area (Å²) in [5.41, 5.74) is 3.92. The van der Waals surface area contributed by atoms with Crippen molar-refractivity contribution in [3.05, 3.63) is 87.0 Å². The van der Waals surface area contributed by atoms with Crippen LogP contribution in [0.2, 0.25) is 0 Å². The molecule has 0 aliphatic carbocycles. The van der Waals surface area contributed by atoms with Gasteiger partial charge in [-0.1, -0.05) is 0 Å². The molecule has 0 N–H and O–H groups in total. The van der Waals surface area contributed by atoms with Gasteiger partial charge in [0.05, 0.1) is 27.9 Å². The molecule has 0 aliphatic rings. The number of aromatic nitrogens is 2. The maximum Gasteiger partial charge on any atom is 0.269 e. The van der Waals surface area contributed by atoms with Gasteiger partial charge in [0.2, 0.25) is 0 Å². The first-order valence-electron chi connectivity index (χ1n) is 8.09. The molecule has 1 heterocycles. The number of nitrogens with zero attached hydrogens (tertiary/aromatic N) is 4. The molecule has 6 nitrogen and oxygen atoms in total. The fourth-order valence-electron chi connectivity index (χ4n) is 2.78. The van der Waals surface area contributed by atoms with Crippen LogP contribution in [0.4, 0.5) is 10.1 Å². The van der Waals surface area contributed by atoms with Crippen molar-refractivity contribution >= 4 is 17.3 Å². The fourth-order valence-corrected chi connectivity index (χ4v) is 2.78. The Morgan fingerprint density at radius 1 is 1.19 bits per heavy atom. The number of rotatable bonds is 4. The van der Waals surface area contributed by atoms with E-state index in [9.17, 15) is 19.8 Å². The smallest absolute Gasteiger partial charge is 0.258 e. The molecule has 0 atom stereocenters. The number of nitro groups is 1. The van der Waals surface area contributed by atoms with E-state index in [1.165, 1.54) is 24.3 Å². The van der Waals surface area contributed by atoms with E-state index >= 15 is 0 Å². The molecule has 2 aromatic carbocycles. The molecule has 27 heavy (non-hydrogen) atoms. The van der Waals surface area contributed by atoms with E-state index in [0.717, 1.165) is 11.3 Å². The molecular weight excluding hydrogens is 347 g/mol. The van der Waals surface area contributed by atoms with Crippen molar-refractivity contribution in [2.24, 2.45) is 0 Å². The van der Waals surface area contributed by atoms with Crippen molar-refractivity contribution in [3.63, 3.8) is 0 Å². The Balaban J connectivity index is 2.03. The lowest BCUT2D eigenvalue weighted by Gasteiger charge is -2.04. The molecule has 0 bridgehead atoms. The summed E-state index contributed by atoms with van der Waals surface area (Å²) in [6, 6.07) is 13.9. The third-order valence-corrected chi connectivity index (χ3v) is 4.22. The van der Waals surface area contributed by atoms with Crippen LogP contribution in [0.15, 0.2) is 48.5 Å². The lowest BCUT2D eigenvalue weighted by molar-refractivity contribution is -0.384. The second-order valence-electron chi connectivity index (χ2n) is 5.95. The summed E-state index contributed by atoms with van der Waals surface area (Å²) in [6.07, 6.45) is 1.71. The number of hydrogen-bond donors (Lipinski definition) is 0. The molecule has 0 spiro atoms. The van der Waals surface area contributed by atoms with Gasteiger partial charge in [0, 0.05) is 23.4 Å². The Morgan fingerprint density at radius 2 is 1.81 bits per heavy atom. The largest absolute Gasteiger partial charge is 0.269 e. The molecule has 0 unspecified atom stereocenters. The zero-order chi connectivity index (χ0) is 19.6. The number of nitro benzene ring substituents is 1. The second-order valence-corrected chi connectivity index (χ2v) is 5.95. The molecule has 0 amide bonds. The predicted octanol–water partition coefficient (Wildman–Crippen LogP) is 4.60. The van der Waals surface area contributed by atoms with Crippen LogP contribution in [0.1, 0.15) is 22.5 Å². The molecule has 3 aromatic rings. The Bertz CT molecular complexity index is 1070. The van der Waals surface area contributed by atoms with E-state index in [2.05, 4.69) is 11.2 Å². The molecule has 0 aliphatic heterocycles. The van der Waals surface area contributed by atoms with Crippen LogP contribution in [0.3, 0.4) is 0 Å². The van der Waals surface area contributed by atoms with E-state index in [-0.39, 0.29) is 11.5 Å². The molecule has 134 valence electrons. The summed E-state index contributed by atoms with van der Waals surface area (Å²) in [6.45, 7) is 3.68. The number of nitriles is 1. The summed E-state index contributed by atoms with van der Waals surface area (Å²) in [5, 5.41) is 24.8. The Labute approximate surface area is 154 Å². The molecule has 0 radical (unpaired) electrons. The molecule has 0 saturated carbocycles. The molecule has 1 aromatic heterocycles. The number of halogens is 1. The standard InChI is InChI=1S/C20H15FN4O2/c1-13-20(14(2)24(23-13)18-9-5-17(21)6-10-18)11-16(12-22)15-3-7-19(8-4-15)25(26)27/h3-11H,1-2H3/b16-11+. The van der Waals surface area contributed by atoms with Crippen molar-refractivity contribution in [1.29, 1.82) is 5.26 Å². The van der Waals surface area contributed by atoms with Gasteiger partial charge < -0.3 is 0 Å². The minimum atomic E-state index is -0.486. The summed E-state index contributed by atoms with van der Waals surface area (Å²) in [5.74, 6) is -0.328. The lowest BCUT2D eigenvalue weighted by atomic mass is 10.0. The van der Waals surface area contributed by atoms with E-state index in [1.807, 2.05) is 13.8 Å². The summed E-state index contributed by atoms with van der Waals surface area (Å²) in [4.78, 5) is 10.3. The third kappa shape index (κ3) is 3.60. The third-order valence-electron chi connectivity index (χ3n) is 4.22. The van der Waals surface area contributed by atoms with E-state index < -0.39 is 4.92 Å². The Hall–Kier alpha value is -3.79. The quantitative estimate of drug-likeness (QED) is 0.386. The first-order valence-corrected chi connectivity index (χ1v) is 8.09.